The quantitative estimate of drug-likeness (QED) is 0.753. The van der Waals surface area contributed by atoms with Crippen LogP contribution in [0.1, 0.15) is 39.3 Å². The SMILES string of the molecule is CCCC(Cc1cc(OCC)ncn1)NCC. The van der Waals surface area contributed by atoms with E-state index in [0.29, 0.717) is 18.5 Å². The molecule has 4 heteroatoms. The molecule has 0 aromatic carbocycles. The Balaban J connectivity index is 2.60. The lowest BCUT2D eigenvalue weighted by atomic mass is 10.1. The minimum Gasteiger partial charge on any atom is -0.478 e. The van der Waals surface area contributed by atoms with Gasteiger partial charge in [0.25, 0.3) is 0 Å². The van der Waals surface area contributed by atoms with Crippen LogP contribution >= 0.6 is 0 Å². The summed E-state index contributed by atoms with van der Waals surface area (Å²) in [5.74, 6) is 0.671. The first-order valence-electron chi connectivity index (χ1n) is 6.47. The highest BCUT2D eigenvalue weighted by Crippen LogP contribution is 2.10. The molecule has 0 fully saturated rings. The summed E-state index contributed by atoms with van der Waals surface area (Å²) in [5.41, 5.74) is 1.04. The lowest BCUT2D eigenvalue weighted by molar-refractivity contribution is 0.325. The lowest BCUT2D eigenvalue weighted by Gasteiger charge is -2.16. The van der Waals surface area contributed by atoms with Crippen LogP contribution in [-0.2, 0) is 6.42 Å². The van der Waals surface area contributed by atoms with E-state index < -0.39 is 0 Å². The molecule has 1 atom stereocenters. The van der Waals surface area contributed by atoms with Crippen molar-refractivity contribution in [1.82, 2.24) is 15.3 Å². The Morgan fingerprint density at radius 1 is 1.29 bits per heavy atom. The van der Waals surface area contributed by atoms with Gasteiger partial charge in [-0.1, -0.05) is 20.3 Å². The smallest absolute Gasteiger partial charge is 0.216 e. The van der Waals surface area contributed by atoms with Gasteiger partial charge in [0.2, 0.25) is 5.88 Å². The van der Waals surface area contributed by atoms with Crippen molar-refractivity contribution < 1.29 is 4.74 Å². The Morgan fingerprint density at radius 2 is 2.12 bits per heavy atom. The van der Waals surface area contributed by atoms with Crippen LogP contribution in [-0.4, -0.2) is 29.2 Å². The van der Waals surface area contributed by atoms with Gasteiger partial charge in [-0.25, -0.2) is 9.97 Å². The average Bonchev–Trinajstić information content (AvgIpc) is 2.30. The van der Waals surface area contributed by atoms with E-state index in [0.717, 1.165) is 18.7 Å². The fourth-order valence-corrected chi connectivity index (χ4v) is 1.88. The van der Waals surface area contributed by atoms with Crippen molar-refractivity contribution in [3.8, 4) is 5.88 Å². The van der Waals surface area contributed by atoms with E-state index >= 15 is 0 Å². The van der Waals surface area contributed by atoms with E-state index in [2.05, 4.69) is 29.1 Å². The Morgan fingerprint density at radius 3 is 2.76 bits per heavy atom. The molecule has 4 nitrogen and oxygen atoms in total. The Hall–Kier alpha value is -1.16. The number of ether oxygens (including phenoxy) is 1. The molecule has 1 rings (SSSR count). The summed E-state index contributed by atoms with van der Waals surface area (Å²) in [5, 5.41) is 3.48. The van der Waals surface area contributed by atoms with Crippen molar-refractivity contribution in [3.63, 3.8) is 0 Å². The first-order chi connectivity index (χ1) is 8.30. The first kappa shape index (κ1) is 13.9. The molecule has 0 aliphatic heterocycles. The van der Waals surface area contributed by atoms with E-state index in [1.807, 2.05) is 13.0 Å². The van der Waals surface area contributed by atoms with Gasteiger partial charge in [0.05, 0.1) is 6.61 Å². The Bertz CT molecular complexity index is 311. The predicted molar refractivity (Wildman–Crippen MR) is 69.3 cm³/mol. The van der Waals surface area contributed by atoms with Gasteiger partial charge in [0.15, 0.2) is 0 Å². The van der Waals surface area contributed by atoms with Crippen molar-refractivity contribution in [2.45, 2.75) is 46.1 Å². The van der Waals surface area contributed by atoms with Gasteiger partial charge < -0.3 is 10.1 Å². The number of rotatable bonds is 8. The number of nitrogens with one attached hydrogen (secondary N) is 1. The summed E-state index contributed by atoms with van der Waals surface area (Å²) in [7, 11) is 0. The monoisotopic (exact) mass is 237 g/mol. The zero-order valence-electron chi connectivity index (χ0n) is 11.1. The molecule has 0 bridgehead atoms. The van der Waals surface area contributed by atoms with Gasteiger partial charge in [0.1, 0.15) is 6.33 Å². The predicted octanol–water partition coefficient (Wildman–Crippen LogP) is 2.20. The molecule has 1 heterocycles. The largest absolute Gasteiger partial charge is 0.478 e. The maximum absolute atomic E-state index is 5.38. The number of hydrogen-bond donors (Lipinski definition) is 1. The minimum absolute atomic E-state index is 0.495. The molecule has 1 aromatic rings. The molecule has 0 saturated carbocycles. The highest BCUT2D eigenvalue weighted by molar-refractivity contribution is 5.14. The highest BCUT2D eigenvalue weighted by Gasteiger charge is 2.09. The number of likely N-dealkylation sites (N-methyl/N-ethyl adjacent to an activating group) is 1. The van der Waals surface area contributed by atoms with Crippen LogP contribution in [0, 0.1) is 0 Å². The maximum Gasteiger partial charge on any atom is 0.216 e. The van der Waals surface area contributed by atoms with Crippen LogP contribution in [0.2, 0.25) is 0 Å². The van der Waals surface area contributed by atoms with E-state index in [4.69, 9.17) is 4.74 Å². The normalized spacial score (nSPS) is 12.4. The average molecular weight is 237 g/mol. The Labute approximate surface area is 104 Å². The van der Waals surface area contributed by atoms with Gasteiger partial charge in [0, 0.05) is 24.2 Å². The van der Waals surface area contributed by atoms with Crippen LogP contribution in [0.5, 0.6) is 5.88 Å². The van der Waals surface area contributed by atoms with E-state index in [1.54, 1.807) is 6.33 Å². The second kappa shape index (κ2) is 8.01. The standard InChI is InChI=1S/C13H23N3O/c1-4-7-11(14-5-2)8-12-9-13(17-6-3)16-10-15-12/h9-11,14H,4-8H2,1-3H3. The molecule has 0 amide bonds. The number of nitrogens with zero attached hydrogens (tertiary/aromatic N) is 2. The summed E-state index contributed by atoms with van der Waals surface area (Å²) in [4.78, 5) is 8.37. The zero-order valence-corrected chi connectivity index (χ0v) is 11.1. The second-order valence-electron chi connectivity index (χ2n) is 4.03. The second-order valence-corrected chi connectivity index (χ2v) is 4.03. The Kier molecular flexibility index (Phi) is 6.55. The van der Waals surface area contributed by atoms with Crippen molar-refractivity contribution >= 4 is 0 Å². The summed E-state index contributed by atoms with van der Waals surface area (Å²) in [6.07, 6.45) is 4.86. The van der Waals surface area contributed by atoms with Crippen molar-refractivity contribution in [3.05, 3.63) is 18.1 Å². The molecule has 0 aliphatic carbocycles. The summed E-state index contributed by atoms with van der Waals surface area (Å²) in [6.45, 7) is 7.93. The molecule has 0 radical (unpaired) electrons. The van der Waals surface area contributed by atoms with Gasteiger partial charge in [-0.2, -0.15) is 0 Å². The lowest BCUT2D eigenvalue weighted by Crippen LogP contribution is -2.31. The fourth-order valence-electron chi connectivity index (χ4n) is 1.88. The molecule has 0 saturated heterocycles. The van der Waals surface area contributed by atoms with Crippen LogP contribution < -0.4 is 10.1 Å². The van der Waals surface area contributed by atoms with Crippen LogP contribution in [0.4, 0.5) is 0 Å². The third-order valence-corrected chi connectivity index (χ3v) is 2.58. The topological polar surface area (TPSA) is 47.0 Å². The molecule has 0 aliphatic rings. The van der Waals surface area contributed by atoms with Crippen molar-refractivity contribution in [1.29, 1.82) is 0 Å². The van der Waals surface area contributed by atoms with Crippen molar-refractivity contribution in [2.24, 2.45) is 0 Å². The van der Waals surface area contributed by atoms with Gasteiger partial charge in [-0.05, 0) is 19.9 Å². The van der Waals surface area contributed by atoms with Crippen LogP contribution in [0.15, 0.2) is 12.4 Å². The van der Waals surface area contributed by atoms with E-state index in [1.165, 1.54) is 12.8 Å². The van der Waals surface area contributed by atoms with Crippen LogP contribution in [0.25, 0.3) is 0 Å². The molecule has 17 heavy (non-hydrogen) atoms. The van der Waals surface area contributed by atoms with Gasteiger partial charge >= 0.3 is 0 Å². The maximum atomic E-state index is 5.38. The summed E-state index contributed by atoms with van der Waals surface area (Å²) >= 11 is 0. The fraction of sp³-hybridized carbons (Fsp3) is 0.692. The van der Waals surface area contributed by atoms with E-state index in [-0.39, 0.29) is 0 Å². The molecule has 1 unspecified atom stereocenters. The van der Waals surface area contributed by atoms with E-state index in [9.17, 15) is 0 Å². The molecule has 1 aromatic heterocycles. The third-order valence-electron chi connectivity index (χ3n) is 2.58. The highest BCUT2D eigenvalue weighted by atomic mass is 16.5. The zero-order chi connectivity index (χ0) is 12.5. The number of hydrogen-bond acceptors (Lipinski definition) is 4. The third kappa shape index (κ3) is 5.13. The first-order valence-corrected chi connectivity index (χ1v) is 6.47. The van der Waals surface area contributed by atoms with Gasteiger partial charge in [-0.15, -0.1) is 0 Å². The van der Waals surface area contributed by atoms with Gasteiger partial charge in [-0.3, -0.25) is 0 Å². The molecular formula is C13H23N3O. The minimum atomic E-state index is 0.495. The molecule has 1 N–H and O–H groups in total. The molecule has 0 spiro atoms. The molecular weight excluding hydrogens is 214 g/mol. The van der Waals surface area contributed by atoms with Crippen molar-refractivity contribution in [2.75, 3.05) is 13.2 Å². The van der Waals surface area contributed by atoms with Crippen LogP contribution in [0.3, 0.4) is 0 Å². The number of aromatic nitrogens is 2. The summed E-state index contributed by atoms with van der Waals surface area (Å²) < 4.78 is 5.38. The summed E-state index contributed by atoms with van der Waals surface area (Å²) in [6, 6.07) is 2.43. The molecule has 96 valence electrons.